The van der Waals surface area contributed by atoms with E-state index in [0.29, 0.717) is 59.9 Å². The third kappa shape index (κ3) is 9.65. The number of Topliss-reactive ketones (excluding diaryl/α,β-unsaturated/α-hetero) is 1. The minimum atomic E-state index is -4.36. The van der Waals surface area contributed by atoms with Crippen molar-refractivity contribution in [3.05, 3.63) is 86.3 Å². The third-order valence-corrected chi connectivity index (χ3v) is 11.8. The van der Waals surface area contributed by atoms with Crippen molar-refractivity contribution in [2.75, 3.05) is 28.6 Å². The number of rotatable bonds is 17. The van der Waals surface area contributed by atoms with Crippen LogP contribution in [-0.4, -0.2) is 55.9 Å². The number of ketones is 1. The van der Waals surface area contributed by atoms with Gasteiger partial charge in [0.2, 0.25) is 5.52 Å². The molecule has 0 bridgehead atoms. The fraction of sp³-hybridized carbons (Fsp3) is 0.314. The van der Waals surface area contributed by atoms with Crippen molar-refractivity contribution >= 4 is 102 Å². The van der Waals surface area contributed by atoms with Crippen molar-refractivity contribution in [2.45, 2.75) is 56.5 Å². The van der Waals surface area contributed by atoms with E-state index in [4.69, 9.17) is 23.2 Å². The largest absolute Gasteiger partial charge is 0.748 e. The molecule has 264 valence electrons. The molecule has 1 atom stereocenters. The number of aryl methyl sites for hydroxylation is 1. The average Bonchev–Trinajstić information content (AvgIpc) is 3.58. The van der Waals surface area contributed by atoms with E-state index in [9.17, 15) is 32.5 Å². The molecule has 15 heteroatoms. The Morgan fingerprint density at radius 1 is 1.00 bits per heavy atom. The predicted octanol–water partition coefficient (Wildman–Crippen LogP) is 5.93. The molecule has 1 aliphatic rings. The lowest BCUT2D eigenvalue weighted by atomic mass is 10.1. The molecule has 5 rings (SSSR count). The highest BCUT2D eigenvalue weighted by Crippen LogP contribution is 2.48. The fourth-order valence-corrected chi connectivity index (χ4v) is 8.81. The molecule has 10 nitrogen and oxygen atoms in total. The predicted molar refractivity (Wildman–Crippen MR) is 196 cm³/mol. The number of aromatic nitrogens is 1. The van der Waals surface area contributed by atoms with E-state index in [2.05, 4.69) is 4.90 Å². The summed E-state index contributed by atoms with van der Waals surface area (Å²) in [6.45, 7) is 2.61. The van der Waals surface area contributed by atoms with Gasteiger partial charge in [0.25, 0.3) is 5.01 Å². The van der Waals surface area contributed by atoms with Crippen molar-refractivity contribution in [3.63, 3.8) is 0 Å². The van der Waals surface area contributed by atoms with Gasteiger partial charge in [-0.3, -0.25) is 9.59 Å². The number of carboxylic acids is 1. The van der Waals surface area contributed by atoms with Crippen molar-refractivity contribution in [1.29, 1.82) is 0 Å². The first kappa shape index (κ1) is 37.8. The monoisotopic (exact) mass is 774 g/mol. The van der Waals surface area contributed by atoms with Crippen LogP contribution in [0.2, 0.25) is 10.0 Å². The van der Waals surface area contributed by atoms with Gasteiger partial charge in [-0.05, 0) is 74.4 Å². The molecule has 0 amide bonds. The number of anilines is 2. The second kappa shape index (κ2) is 16.7. The number of aliphatic carboxylic acids is 1. The number of halogens is 2. The fourth-order valence-electron chi connectivity index (χ4n) is 5.71. The smallest absolute Gasteiger partial charge is 0.265 e. The van der Waals surface area contributed by atoms with Gasteiger partial charge in [0, 0.05) is 70.4 Å². The van der Waals surface area contributed by atoms with Gasteiger partial charge in [-0.1, -0.05) is 46.3 Å². The minimum absolute atomic E-state index is 0.00476. The molecule has 0 N–H and O–H groups in total. The van der Waals surface area contributed by atoms with E-state index in [0.717, 1.165) is 30.8 Å². The van der Waals surface area contributed by atoms with Crippen LogP contribution in [0.15, 0.2) is 70.6 Å². The molecule has 1 unspecified atom stereocenters. The van der Waals surface area contributed by atoms with Gasteiger partial charge in [0.1, 0.15) is 16.8 Å². The molecule has 0 spiro atoms. The zero-order chi connectivity index (χ0) is 36.0. The van der Waals surface area contributed by atoms with E-state index < -0.39 is 27.9 Å². The number of carbonyl (C=O) groups is 3. The molecule has 0 saturated carbocycles. The number of carboxylic acid groups (broad SMARTS) is 1. The topological polar surface area (TPSA) is 142 Å². The SMILES string of the molecule is CC(C(=O)[O-])N(CCC(=O)CCCCN1/C(=C/c2sc3ccc(Cl)cc3[n+]2CCCS(=O)(=O)[O-])Sc2ccc(Cl)cc21)c1ccc(C=O)cc1. The van der Waals surface area contributed by atoms with Crippen LogP contribution in [0.3, 0.4) is 0 Å². The van der Waals surface area contributed by atoms with Gasteiger partial charge < -0.3 is 24.3 Å². The van der Waals surface area contributed by atoms with Gasteiger partial charge in [-0.15, -0.1) is 0 Å². The quantitative estimate of drug-likeness (QED) is 0.0549. The Morgan fingerprint density at radius 2 is 1.72 bits per heavy atom. The maximum absolute atomic E-state index is 13.0. The van der Waals surface area contributed by atoms with Crippen LogP contribution in [-0.2, 0) is 26.3 Å². The molecule has 4 aromatic rings. The highest BCUT2D eigenvalue weighted by atomic mass is 35.5. The normalized spacial score (nSPS) is 14.2. The summed E-state index contributed by atoms with van der Waals surface area (Å²) < 4.78 is 36.9. The number of unbranched alkanes of at least 4 members (excludes halogenated alkanes) is 1. The number of benzene rings is 3. The number of aldehydes is 1. The number of thiazole rings is 1. The maximum atomic E-state index is 13.0. The van der Waals surface area contributed by atoms with E-state index in [1.54, 1.807) is 47.0 Å². The van der Waals surface area contributed by atoms with Crippen LogP contribution < -0.4 is 19.5 Å². The standard InChI is InChI=1S/C35H35Cl2N3O7S3/c1-23(35(43)44)38(27-10-6-24(22-41)7-11-27)17-14-28(42)5-2-3-15-39-29-19-25(36)8-12-31(29)48-33(39)21-34-40(16-4-18-50(45,46)47)30-20-26(37)9-13-32(30)49-34/h6-13,19-23H,2-5,14-18H2,1H3,(H-,43,44,45,46,47)/p-1. The lowest BCUT2D eigenvalue weighted by molar-refractivity contribution is -0.668. The molecule has 0 radical (unpaired) electrons. The van der Waals surface area contributed by atoms with Crippen molar-refractivity contribution in [2.24, 2.45) is 0 Å². The molecular formula is C35H34Cl2N3O7S3-. The van der Waals surface area contributed by atoms with Crippen molar-refractivity contribution in [1.82, 2.24) is 0 Å². The summed E-state index contributed by atoms with van der Waals surface area (Å²) in [6, 6.07) is 16.8. The van der Waals surface area contributed by atoms with Crippen LogP contribution in [0, 0.1) is 0 Å². The van der Waals surface area contributed by atoms with Crippen LogP contribution >= 0.6 is 46.3 Å². The number of hydrogen-bond donors (Lipinski definition) is 0. The van der Waals surface area contributed by atoms with Crippen LogP contribution in [0.5, 0.6) is 0 Å². The molecule has 0 saturated heterocycles. The average molecular weight is 776 g/mol. The molecule has 0 aliphatic carbocycles. The summed E-state index contributed by atoms with van der Waals surface area (Å²) in [6.07, 6.45) is 4.67. The Hall–Kier alpha value is -3.46. The summed E-state index contributed by atoms with van der Waals surface area (Å²) in [5, 5.41) is 14.6. The summed E-state index contributed by atoms with van der Waals surface area (Å²) in [4.78, 5) is 40.5. The second-order valence-corrected chi connectivity index (χ2v) is 16.3. The van der Waals surface area contributed by atoms with Crippen LogP contribution in [0.4, 0.5) is 11.4 Å². The van der Waals surface area contributed by atoms with E-state index in [-0.39, 0.29) is 25.2 Å². The van der Waals surface area contributed by atoms with E-state index in [1.807, 2.05) is 41.0 Å². The van der Waals surface area contributed by atoms with Crippen molar-refractivity contribution < 1.29 is 37.0 Å². The summed E-state index contributed by atoms with van der Waals surface area (Å²) in [7, 11) is -4.36. The molecule has 2 heterocycles. The number of nitrogens with zero attached hydrogens (tertiary/aromatic N) is 3. The number of carbonyl (C=O) groups excluding carboxylic acids is 3. The molecule has 1 aliphatic heterocycles. The van der Waals surface area contributed by atoms with Gasteiger partial charge in [-0.2, -0.15) is 4.57 Å². The Morgan fingerprint density at radius 3 is 2.42 bits per heavy atom. The Kier molecular flexibility index (Phi) is 12.6. The third-order valence-electron chi connectivity index (χ3n) is 8.30. The molecule has 50 heavy (non-hydrogen) atoms. The first-order valence-corrected chi connectivity index (χ1v) is 19.9. The van der Waals surface area contributed by atoms with Crippen LogP contribution in [0.25, 0.3) is 16.3 Å². The molecule has 0 fully saturated rings. The zero-order valence-corrected chi connectivity index (χ0v) is 31.0. The number of fused-ring (bicyclic) bond motifs is 2. The summed E-state index contributed by atoms with van der Waals surface area (Å²) in [5.41, 5.74) is 2.84. The first-order chi connectivity index (χ1) is 23.8. The van der Waals surface area contributed by atoms with E-state index >= 15 is 0 Å². The van der Waals surface area contributed by atoms with E-state index in [1.165, 1.54) is 18.3 Å². The molecular weight excluding hydrogens is 742 g/mol. The number of thioether (sulfide) groups is 1. The minimum Gasteiger partial charge on any atom is -0.748 e. The second-order valence-electron chi connectivity index (χ2n) is 11.8. The first-order valence-electron chi connectivity index (χ1n) is 15.9. The van der Waals surface area contributed by atoms with Crippen LogP contribution in [0.1, 0.15) is 54.4 Å². The Balaban J connectivity index is 1.28. The van der Waals surface area contributed by atoms with Gasteiger partial charge >= 0.3 is 0 Å². The lowest BCUT2D eigenvalue weighted by Crippen LogP contribution is -2.47. The summed E-state index contributed by atoms with van der Waals surface area (Å²) in [5.74, 6) is -1.73. The zero-order valence-electron chi connectivity index (χ0n) is 27.0. The molecule has 3 aromatic carbocycles. The molecule has 1 aromatic heterocycles. The Labute approximate surface area is 309 Å². The summed E-state index contributed by atoms with van der Waals surface area (Å²) >= 11 is 15.8. The van der Waals surface area contributed by atoms with Gasteiger partial charge in [0.05, 0.1) is 38.9 Å². The van der Waals surface area contributed by atoms with Crippen molar-refractivity contribution in [3.8, 4) is 0 Å². The van der Waals surface area contributed by atoms with Gasteiger partial charge in [0.15, 0.2) is 6.54 Å². The lowest BCUT2D eigenvalue weighted by Gasteiger charge is -2.32. The Bertz CT molecular complexity index is 2030. The van der Waals surface area contributed by atoms with Gasteiger partial charge in [-0.25, -0.2) is 8.42 Å². The highest BCUT2D eigenvalue weighted by molar-refractivity contribution is 8.03. The highest BCUT2D eigenvalue weighted by Gasteiger charge is 2.28. The maximum Gasteiger partial charge on any atom is 0.265 e. The number of hydrogen-bond acceptors (Lipinski definition) is 11.